The van der Waals surface area contributed by atoms with Crippen molar-refractivity contribution in [1.82, 2.24) is 19.4 Å². The maximum absolute atomic E-state index is 13.0. The van der Waals surface area contributed by atoms with Crippen LogP contribution in [0.4, 0.5) is 4.79 Å². The molecule has 0 N–H and O–H groups in total. The minimum Gasteiger partial charge on any atom is -0.441 e. The van der Waals surface area contributed by atoms with Crippen LogP contribution in [0.5, 0.6) is 0 Å². The van der Waals surface area contributed by atoms with E-state index in [0.29, 0.717) is 38.2 Å². The molecule has 2 saturated heterocycles. The summed E-state index contributed by atoms with van der Waals surface area (Å²) in [7, 11) is 0. The van der Waals surface area contributed by atoms with Crippen LogP contribution in [-0.4, -0.2) is 62.7 Å². The molecule has 0 aromatic carbocycles. The van der Waals surface area contributed by atoms with E-state index in [-0.39, 0.29) is 18.0 Å². The van der Waals surface area contributed by atoms with Gasteiger partial charge in [0.05, 0.1) is 18.3 Å². The van der Waals surface area contributed by atoms with Crippen LogP contribution in [0.1, 0.15) is 50.0 Å². The van der Waals surface area contributed by atoms with Crippen molar-refractivity contribution in [2.45, 2.75) is 51.2 Å². The molecule has 4 heterocycles. The molecule has 1 atom stereocenters. The van der Waals surface area contributed by atoms with Crippen molar-refractivity contribution in [2.24, 2.45) is 0 Å². The number of ether oxygens (including phenoxy) is 1. The lowest BCUT2D eigenvalue weighted by Gasteiger charge is -2.37. The fourth-order valence-corrected chi connectivity index (χ4v) is 4.21. The number of amides is 2. The first-order valence-electron chi connectivity index (χ1n) is 9.75. The Morgan fingerprint density at radius 1 is 1.30 bits per heavy atom. The van der Waals surface area contributed by atoms with Crippen molar-refractivity contribution >= 4 is 17.5 Å². The van der Waals surface area contributed by atoms with Crippen LogP contribution >= 0.6 is 0 Å². The van der Waals surface area contributed by atoms with Gasteiger partial charge in [-0.05, 0) is 31.5 Å². The molecule has 144 valence electrons. The number of piperidine rings is 1. The largest absolute Gasteiger partial charge is 0.441 e. The number of hydrogen-bond donors (Lipinski definition) is 0. The van der Waals surface area contributed by atoms with Gasteiger partial charge >= 0.3 is 6.09 Å². The highest BCUT2D eigenvalue weighted by Gasteiger charge is 2.48. The minimum atomic E-state index is -0.451. The zero-order chi connectivity index (χ0) is 19.0. The van der Waals surface area contributed by atoms with E-state index in [0.717, 1.165) is 18.4 Å². The number of rotatable bonds is 4. The lowest BCUT2D eigenvalue weighted by atomic mass is 9.90. The average Bonchev–Trinajstić information content (AvgIpc) is 3.26. The molecule has 7 nitrogen and oxygen atoms in total. The van der Waals surface area contributed by atoms with Gasteiger partial charge in [-0.25, -0.2) is 9.31 Å². The predicted molar refractivity (Wildman–Crippen MR) is 101 cm³/mol. The van der Waals surface area contributed by atoms with Gasteiger partial charge in [-0.2, -0.15) is 5.10 Å². The van der Waals surface area contributed by atoms with E-state index >= 15 is 0 Å². The first-order chi connectivity index (χ1) is 13.0. The number of nitrogens with zero attached hydrogens (tertiary/aromatic N) is 4. The number of fused-ring (bicyclic) bond motifs is 1. The molecule has 0 radical (unpaired) electrons. The molecule has 0 saturated carbocycles. The highest BCUT2D eigenvalue weighted by atomic mass is 16.6. The molecule has 0 aliphatic carbocycles. The van der Waals surface area contributed by atoms with Crippen molar-refractivity contribution in [3.63, 3.8) is 0 Å². The van der Waals surface area contributed by atoms with Crippen LogP contribution in [0.15, 0.2) is 30.5 Å². The number of carbonyl (C=O) groups is 2. The Balaban J connectivity index is 1.44. The van der Waals surface area contributed by atoms with E-state index in [1.807, 2.05) is 28.0 Å². The average molecular weight is 370 g/mol. The predicted octanol–water partition coefficient (Wildman–Crippen LogP) is 2.95. The molecule has 4 rings (SSSR count). The van der Waals surface area contributed by atoms with E-state index in [2.05, 4.69) is 18.9 Å². The number of carbonyl (C=O) groups excluding carboxylic acids is 2. The van der Waals surface area contributed by atoms with Crippen molar-refractivity contribution in [3.8, 4) is 0 Å². The van der Waals surface area contributed by atoms with Crippen LogP contribution in [0, 0.1) is 0 Å². The van der Waals surface area contributed by atoms with E-state index in [9.17, 15) is 9.59 Å². The van der Waals surface area contributed by atoms with E-state index in [1.54, 1.807) is 16.8 Å². The maximum Gasteiger partial charge on any atom is 0.410 e. The summed E-state index contributed by atoms with van der Waals surface area (Å²) < 4.78 is 7.47. The zero-order valence-corrected chi connectivity index (χ0v) is 15.9. The third-order valence-corrected chi connectivity index (χ3v) is 5.84. The summed E-state index contributed by atoms with van der Waals surface area (Å²) in [4.78, 5) is 29.0. The van der Waals surface area contributed by atoms with E-state index in [4.69, 9.17) is 4.74 Å². The molecule has 2 aliphatic rings. The molecule has 2 amide bonds. The van der Waals surface area contributed by atoms with Gasteiger partial charge in [0, 0.05) is 32.0 Å². The fourth-order valence-electron chi connectivity index (χ4n) is 4.21. The second-order valence-corrected chi connectivity index (χ2v) is 7.69. The van der Waals surface area contributed by atoms with Gasteiger partial charge in [-0.1, -0.05) is 19.4 Å². The SMILES string of the molecule is CCCC(C)N1CC2(CCN(C(=O)c3cccc4ccnn34)CC2)OC1=O. The quantitative estimate of drug-likeness (QED) is 0.830. The van der Waals surface area contributed by atoms with Crippen molar-refractivity contribution in [1.29, 1.82) is 0 Å². The zero-order valence-electron chi connectivity index (χ0n) is 15.9. The summed E-state index contributed by atoms with van der Waals surface area (Å²) in [5.74, 6) is -0.0281. The molecule has 0 bridgehead atoms. The van der Waals surface area contributed by atoms with Gasteiger partial charge in [-0.3, -0.25) is 4.79 Å². The van der Waals surface area contributed by atoms with Crippen LogP contribution in [0.2, 0.25) is 0 Å². The molecule has 2 aromatic rings. The van der Waals surface area contributed by atoms with Gasteiger partial charge in [0.1, 0.15) is 11.3 Å². The molecule has 2 aromatic heterocycles. The highest BCUT2D eigenvalue weighted by Crippen LogP contribution is 2.35. The number of likely N-dealkylation sites (tertiary alicyclic amines) is 1. The summed E-state index contributed by atoms with van der Waals surface area (Å²) in [6.45, 7) is 5.99. The van der Waals surface area contributed by atoms with Gasteiger partial charge < -0.3 is 14.5 Å². The smallest absolute Gasteiger partial charge is 0.410 e. The molecule has 2 aliphatic heterocycles. The first-order valence-corrected chi connectivity index (χ1v) is 9.75. The van der Waals surface area contributed by atoms with E-state index < -0.39 is 5.60 Å². The second-order valence-electron chi connectivity index (χ2n) is 7.69. The molecule has 2 fully saturated rings. The second kappa shape index (κ2) is 6.87. The molecule has 27 heavy (non-hydrogen) atoms. The number of hydrogen-bond acceptors (Lipinski definition) is 4. The standard InChI is InChI=1S/C20H26N4O3/c1-3-5-15(2)23-14-20(27-19(23)26)9-12-22(13-10-20)18(25)17-7-4-6-16-8-11-21-24(16)17/h4,6-8,11,15H,3,5,9-10,12-14H2,1-2H3. The van der Waals surface area contributed by atoms with E-state index in [1.165, 1.54) is 0 Å². The number of aromatic nitrogens is 2. The normalized spacial score (nSPS) is 20.3. The number of pyridine rings is 1. The Morgan fingerprint density at radius 2 is 2.07 bits per heavy atom. The lowest BCUT2D eigenvalue weighted by Crippen LogP contribution is -2.49. The molecule has 7 heteroatoms. The Labute approximate surface area is 158 Å². The molecular formula is C20H26N4O3. The van der Waals surface area contributed by atoms with Crippen molar-refractivity contribution in [3.05, 3.63) is 36.2 Å². The first kappa shape index (κ1) is 17.8. The summed E-state index contributed by atoms with van der Waals surface area (Å²) in [6.07, 6.45) is 4.85. The summed E-state index contributed by atoms with van der Waals surface area (Å²) >= 11 is 0. The Hall–Kier alpha value is -2.57. The molecule has 1 spiro atoms. The lowest BCUT2D eigenvalue weighted by molar-refractivity contribution is 0.00282. The third kappa shape index (κ3) is 3.15. The summed E-state index contributed by atoms with van der Waals surface area (Å²) in [6, 6.07) is 7.68. The van der Waals surface area contributed by atoms with Gasteiger partial charge in [0.15, 0.2) is 0 Å². The molecule has 1 unspecified atom stereocenters. The molecular weight excluding hydrogens is 344 g/mol. The van der Waals surface area contributed by atoms with Gasteiger partial charge in [-0.15, -0.1) is 0 Å². The maximum atomic E-state index is 13.0. The Kier molecular flexibility index (Phi) is 4.53. The topological polar surface area (TPSA) is 67.2 Å². The summed E-state index contributed by atoms with van der Waals surface area (Å²) in [5.41, 5.74) is 1.02. The minimum absolute atomic E-state index is 0.0281. The fraction of sp³-hybridized carbons (Fsp3) is 0.550. The third-order valence-electron chi connectivity index (χ3n) is 5.84. The Bertz CT molecular complexity index is 854. The van der Waals surface area contributed by atoms with Gasteiger partial charge in [0.2, 0.25) is 0 Å². The highest BCUT2D eigenvalue weighted by molar-refractivity contribution is 5.93. The Morgan fingerprint density at radius 3 is 2.81 bits per heavy atom. The summed E-state index contributed by atoms with van der Waals surface area (Å²) in [5, 5.41) is 4.26. The van der Waals surface area contributed by atoms with Gasteiger partial charge in [0.25, 0.3) is 5.91 Å². The van der Waals surface area contributed by atoms with Crippen LogP contribution < -0.4 is 0 Å². The monoisotopic (exact) mass is 370 g/mol. The van der Waals surface area contributed by atoms with Crippen LogP contribution in [0.3, 0.4) is 0 Å². The van der Waals surface area contributed by atoms with Crippen LogP contribution in [0.25, 0.3) is 5.52 Å². The van der Waals surface area contributed by atoms with Crippen LogP contribution in [-0.2, 0) is 4.74 Å². The van der Waals surface area contributed by atoms with Crippen molar-refractivity contribution in [2.75, 3.05) is 19.6 Å². The van der Waals surface area contributed by atoms with Crippen molar-refractivity contribution < 1.29 is 14.3 Å².